The molecule has 1 aliphatic heterocycles. The normalized spacial score (nSPS) is 19.4. The molecule has 0 aliphatic carbocycles. The molecule has 1 saturated heterocycles. The van der Waals surface area contributed by atoms with E-state index < -0.39 is 22.4 Å². The zero-order chi connectivity index (χ0) is 14.0. The summed E-state index contributed by atoms with van der Waals surface area (Å²) in [5.41, 5.74) is -1.75. The van der Waals surface area contributed by atoms with Crippen LogP contribution in [-0.2, 0) is 10.9 Å². The Hall–Kier alpha value is -1.83. The topological polar surface area (TPSA) is 61.6 Å². The Bertz CT molecular complexity index is 483. The van der Waals surface area contributed by atoms with Gasteiger partial charge in [0.2, 0.25) is 0 Å². The summed E-state index contributed by atoms with van der Waals surface area (Å²) in [6.07, 6.45) is -4.48. The van der Waals surface area contributed by atoms with Crippen LogP contribution < -0.4 is 4.74 Å². The van der Waals surface area contributed by atoms with Gasteiger partial charge in [-0.2, -0.15) is 13.2 Å². The number of alkyl halides is 3. The lowest BCUT2D eigenvalue weighted by Crippen LogP contribution is -2.16. The molecule has 0 radical (unpaired) electrons. The molecule has 5 nitrogen and oxygen atoms in total. The largest absolute Gasteiger partial charge is 0.488 e. The van der Waals surface area contributed by atoms with Crippen LogP contribution in [0.25, 0.3) is 0 Å². The summed E-state index contributed by atoms with van der Waals surface area (Å²) in [4.78, 5) is 9.75. The van der Waals surface area contributed by atoms with Gasteiger partial charge in [0.25, 0.3) is 5.69 Å². The lowest BCUT2D eigenvalue weighted by molar-refractivity contribution is -0.385. The molecule has 1 atom stereocenters. The fourth-order valence-electron chi connectivity index (χ4n) is 1.72. The van der Waals surface area contributed by atoms with Gasteiger partial charge in [-0.3, -0.25) is 10.1 Å². The third-order valence-electron chi connectivity index (χ3n) is 2.62. The van der Waals surface area contributed by atoms with Crippen molar-refractivity contribution >= 4 is 5.69 Å². The summed E-state index contributed by atoms with van der Waals surface area (Å²) < 4.78 is 48.2. The summed E-state index contributed by atoms with van der Waals surface area (Å²) in [6.45, 7) is 0.732. The fraction of sp³-hybridized carbons (Fsp3) is 0.455. The number of benzene rings is 1. The lowest BCUT2D eigenvalue weighted by Gasteiger charge is -2.14. The standard InChI is InChI=1S/C11H10F3NO4/c12-11(13,14)7-3-8(15(16)17)5-10(4-7)19-9-1-2-18-6-9/h3-5,9H,1-2,6H2/t9-/m1/s1. The average molecular weight is 277 g/mol. The number of rotatable bonds is 3. The minimum Gasteiger partial charge on any atom is -0.488 e. The fourth-order valence-corrected chi connectivity index (χ4v) is 1.72. The highest BCUT2D eigenvalue weighted by Gasteiger charge is 2.33. The van der Waals surface area contributed by atoms with Gasteiger partial charge < -0.3 is 9.47 Å². The van der Waals surface area contributed by atoms with Crippen LogP contribution >= 0.6 is 0 Å². The molecule has 1 fully saturated rings. The van der Waals surface area contributed by atoms with E-state index in [-0.39, 0.29) is 18.5 Å². The van der Waals surface area contributed by atoms with E-state index in [1.165, 1.54) is 0 Å². The Morgan fingerprint density at radius 1 is 1.37 bits per heavy atom. The van der Waals surface area contributed by atoms with Gasteiger partial charge in [0.15, 0.2) is 0 Å². The molecular formula is C11H10F3NO4. The van der Waals surface area contributed by atoms with Gasteiger partial charge in [-0.05, 0) is 6.07 Å². The predicted octanol–water partition coefficient (Wildman–Crippen LogP) is 2.78. The smallest absolute Gasteiger partial charge is 0.416 e. The zero-order valence-corrected chi connectivity index (χ0v) is 9.64. The maximum atomic E-state index is 12.6. The van der Waals surface area contributed by atoms with Crippen molar-refractivity contribution in [3.05, 3.63) is 33.9 Å². The monoisotopic (exact) mass is 277 g/mol. The number of hydrogen-bond donors (Lipinski definition) is 0. The Morgan fingerprint density at radius 3 is 2.63 bits per heavy atom. The van der Waals surface area contributed by atoms with Gasteiger partial charge >= 0.3 is 6.18 Å². The highest BCUT2D eigenvalue weighted by atomic mass is 19.4. The van der Waals surface area contributed by atoms with Gasteiger partial charge in [-0.25, -0.2) is 0 Å². The molecule has 1 aromatic carbocycles. The van der Waals surface area contributed by atoms with Crippen molar-refractivity contribution in [3.63, 3.8) is 0 Å². The van der Waals surface area contributed by atoms with Crippen molar-refractivity contribution < 1.29 is 27.6 Å². The van der Waals surface area contributed by atoms with E-state index in [1.807, 2.05) is 0 Å². The molecular weight excluding hydrogens is 267 g/mol. The molecule has 1 aromatic rings. The number of nitrogens with zero attached hydrogens (tertiary/aromatic N) is 1. The average Bonchev–Trinajstić information content (AvgIpc) is 2.80. The molecule has 8 heteroatoms. The first-order valence-corrected chi connectivity index (χ1v) is 5.47. The maximum Gasteiger partial charge on any atom is 0.416 e. The Morgan fingerprint density at radius 2 is 2.11 bits per heavy atom. The molecule has 2 rings (SSSR count). The van der Waals surface area contributed by atoms with Crippen molar-refractivity contribution in [2.75, 3.05) is 13.2 Å². The molecule has 1 aliphatic rings. The second kappa shape index (κ2) is 5.04. The molecule has 0 saturated carbocycles. The van der Waals surface area contributed by atoms with E-state index >= 15 is 0 Å². The molecule has 104 valence electrons. The predicted molar refractivity (Wildman–Crippen MR) is 58.0 cm³/mol. The van der Waals surface area contributed by atoms with Gasteiger partial charge in [-0.1, -0.05) is 0 Å². The lowest BCUT2D eigenvalue weighted by atomic mass is 10.2. The first kappa shape index (κ1) is 13.6. The van der Waals surface area contributed by atoms with Crippen LogP contribution in [0.4, 0.5) is 18.9 Å². The summed E-state index contributed by atoms with van der Waals surface area (Å²) in [5.74, 6) is -0.169. The highest BCUT2D eigenvalue weighted by Crippen LogP contribution is 2.35. The van der Waals surface area contributed by atoms with Crippen molar-refractivity contribution in [1.82, 2.24) is 0 Å². The van der Waals surface area contributed by atoms with Crippen LogP contribution in [-0.4, -0.2) is 24.2 Å². The molecule has 19 heavy (non-hydrogen) atoms. The third kappa shape index (κ3) is 3.34. The Labute approximate surface area is 106 Å². The minimum atomic E-state index is -4.66. The molecule has 0 bridgehead atoms. The van der Waals surface area contributed by atoms with E-state index in [9.17, 15) is 23.3 Å². The van der Waals surface area contributed by atoms with E-state index in [0.717, 1.165) is 12.1 Å². The van der Waals surface area contributed by atoms with Crippen LogP contribution in [0, 0.1) is 10.1 Å². The van der Waals surface area contributed by atoms with Gasteiger partial charge in [0.1, 0.15) is 11.9 Å². The highest BCUT2D eigenvalue weighted by molar-refractivity contribution is 5.44. The van der Waals surface area contributed by atoms with Gasteiger partial charge in [-0.15, -0.1) is 0 Å². The summed E-state index contributed by atoms with van der Waals surface area (Å²) in [7, 11) is 0. The van der Waals surface area contributed by atoms with Gasteiger partial charge in [0.05, 0.1) is 29.8 Å². The summed E-state index contributed by atoms with van der Waals surface area (Å²) >= 11 is 0. The Kier molecular flexibility index (Phi) is 3.61. The number of ether oxygens (including phenoxy) is 2. The second-order valence-electron chi connectivity index (χ2n) is 4.07. The maximum absolute atomic E-state index is 12.6. The van der Waals surface area contributed by atoms with Crippen molar-refractivity contribution in [2.24, 2.45) is 0 Å². The number of nitro benzene ring substituents is 1. The SMILES string of the molecule is O=[N+]([O-])c1cc(O[C@@H]2CCOC2)cc(C(F)(F)F)c1. The first-order valence-electron chi connectivity index (χ1n) is 5.47. The molecule has 0 unspecified atom stereocenters. The second-order valence-corrected chi connectivity index (χ2v) is 4.07. The zero-order valence-electron chi connectivity index (χ0n) is 9.64. The van der Waals surface area contributed by atoms with E-state index in [0.29, 0.717) is 19.1 Å². The van der Waals surface area contributed by atoms with Crippen molar-refractivity contribution in [1.29, 1.82) is 0 Å². The van der Waals surface area contributed by atoms with Crippen LogP contribution in [0.3, 0.4) is 0 Å². The third-order valence-corrected chi connectivity index (χ3v) is 2.62. The molecule has 0 spiro atoms. The van der Waals surface area contributed by atoms with Crippen LogP contribution in [0.15, 0.2) is 18.2 Å². The summed E-state index contributed by atoms with van der Waals surface area (Å²) in [6, 6.07) is 2.22. The minimum absolute atomic E-state index is 0.169. The van der Waals surface area contributed by atoms with E-state index in [2.05, 4.69) is 0 Å². The molecule has 1 heterocycles. The van der Waals surface area contributed by atoms with E-state index in [4.69, 9.17) is 9.47 Å². The van der Waals surface area contributed by atoms with E-state index in [1.54, 1.807) is 0 Å². The number of non-ortho nitro benzene ring substituents is 1. The summed E-state index contributed by atoms with van der Waals surface area (Å²) in [5, 5.41) is 10.6. The van der Waals surface area contributed by atoms with Crippen molar-refractivity contribution in [2.45, 2.75) is 18.7 Å². The van der Waals surface area contributed by atoms with Gasteiger partial charge in [0, 0.05) is 12.5 Å². The molecule has 0 aromatic heterocycles. The first-order chi connectivity index (χ1) is 8.86. The number of halogens is 3. The van der Waals surface area contributed by atoms with Crippen molar-refractivity contribution in [3.8, 4) is 5.75 Å². The Balaban J connectivity index is 2.31. The quantitative estimate of drug-likeness (QED) is 0.629. The molecule has 0 N–H and O–H groups in total. The number of hydrogen-bond acceptors (Lipinski definition) is 4. The van der Waals surface area contributed by atoms with Crippen LogP contribution in [0.2, 0.25) is 0 Å². The molecule has 0 amide bonds. The number of nitro groups is 1. The van der Waals surface area contributed by atoms with Crippen LogP contribution in [0.5, 0.6) is 5.75 Å². The van der Waals surface area contributed by atoms with Crippen LogP contribution in [0.1, 0.15) is 12.0 Å².